The van der Waals surface area contributed by atoms with E-state index in [0.717, 1.165) is 23.5 Å². The quantitative estimate of drug-likeness (QED) is 0.476. The molecule has 0 aliphatic carbocycles. The third-order valence-electron chi connectivity index (χ3n) is 5.75. The number of carbonyl (C=O) groups excluding carboxylic acids is 1. The SMILES string of the molecule is O=C(NCC1CCN(c2ccc(F)c(F)c2)C1)c1ccc(NS(=O)(=O)/C=C/c2ccccc2)cc1. The van der Waals surface area contributed by atoms with E-state index in [4.69, 9.17) is 0 Å². The number of nitrogens with one attached hydrogen (secondary N) is 2. The lowest BCUT2D eigenvalue weighted by molar-refractivity contribution is 0.0948. The number of benzene rings is 3. The third kappa shape index (κ3) is 6.66. The van der Waals surface area contributed by atoms with E-state index in [1.54, 1.807) is 30.3 Å². The molecule has 182 valence electrons. The Kier molecular flexibility index (Phi) is 7.45. The highest BCUT2D eigenvalue weighted by Crippen LogP contribution is 2.25. The van der Waals surface area contributed by atoms with Crippen molar-refractivity contribution in [3.8, 4) is 0 Å². The minimum atomic E-state index is -3.70. The average molecular weight is 498 g/mol. The highest BCUT2D eigenvalue weighted by atomic mass is 32.2. The lowest BCUT2D eigenvalue weighted by Crippen LogP contribution is -2.31. The Morgan fingerprint density at radius 3 is 2.46 bits per heavy atom. The summed E-state index contributed by atoms with van der Waals surface area (Å²) in [7, 11) is -3.70. The van der Waals surface area contributed by atoms with E-state index in [-0.39, 0.29) is 11.8 Å². The van der Waals surface area contributed by atoms with Gasteiger partial charge >= 0.3 is 0 Å². The van der Waals surface area contributed by atoms with E-state index in [9.17, 15) is 22.0 Å². The molecular formula is C26H25F2N3O3S. The molecule has 1 atom stereocenters. The Labute approximate surface area is 203 Å². The number of nitrogens with zero attached hydrogens (tertiary/aromatic N) is 1. The summed E-state index contributed by atoms with van der Waals surface area (Å²) in [5, 5.41) is 3.98. The molecule has 3 aromatic rings. The number of hydrogen-bond donors (Lipinski definition) is 2. The predicted octanol–water partition coefficient (Wildman–Crippen LogP) is 4.63. The molecule has 0 aromatic heterocycles. The second-order valence-corrected chi connectivity index (χ2v) is 9.91. The summed E-state index contributed by atoms with van der Waals surface area (Å²) in [6.45, 7) is 1.76. The fourth-order valence-corrected chi connectivity index (χ4v) is 4.74. The lowest BCUT2D eigenvalue weighted by atomic mass is 10.1. The van der Waals surface area contributed by atoms with Crippen LogP contribution in [-0.2, 0) is 10.0 Å². The van der Waals surface area contributed by atoms with Crippen molar-refractivity contribution in [2.24, 2.45) is 5.92 Å². The number of halogens is 2. The highest BCUT2D eigenvalue weighted by Gasteiger charge is 2.24. The van der Waals surface area contributed by atoms with Gasteiger partial charge in [0.15, 0.2) is 11.6 Å². The van der Waals surface area contributed by atoms with Crippen molar-refractivity contribution in [1.82, 2.24) is 5.32 Å². The number of hydrogen-bond acceptors (Lipinski definition) is 4. The number of anilines is 2. The second kappa shape index (κ2) is 10.7. The maximum absolute atomic E-state index is 13.5. The van der Waals surface area contributed by atoms with Gasteiger partial charge in [0.25, 0.3) is 15.9 Å². The van der Waals surface area contributed by atoms with Crippen LogP contribution in [0.3, 0.4) is 0 Å². The molecule has 4 rings (SSSR count). The molecule has 0 spiro atoms. The van der Waals surface area contributed by atoms with Crippen LogP contribution in [0.15, 0.2) is 78.2 Å². The summed E-state index contributed by atoms with van der Waals surface area (Å²) in [6, 6.07) is 19.1. The van der Waals surface area contributed by atoms with Crippen LogP contribution >= 0.6 is 0 Å². The van der Waals surface area contributed by atoms with Crippen molar-refractivity contribution in [3.63, 3.8) is 0 Å². The fraction of sp³-hybridized carbons (Fsp3) is 0.192. The van der Waals surface area contributed by atoms with Crippen molar-refractivity contribution in [2.45, 2.75) is 6.42 Å². The number of rotatable bonds is 8. The van der Waals surface area contributed by atoms with Crippen molar-refractivity contribution >= 4 is 33.4 Å². The van der Waals surface area contributed by atoms with Crippen LogP contribution in [0.1, 0.15) is 22.3 Å². The van der Waals surface area contributed by atoms with E-state index in [1.165, 1.54) is 24.3 Å². The van der Waals surface area contributed by atoms with Gasteiger partial charge in [0.1, 0.15) is 0 Å². The molecule has 1 saturated heterocycles. The van der Waals surface area contributed by atoms with Crippen molar-refractivity contribution in [2.75, 3.05) is 29.3 Å². The summed E-state index contributed by atoms with van der Waals surface area (Å²) in [5.74, 6) is -1.85. The molecule has 9 heteroatoms. The predicted molar refractivity (Wildman–Crippen MR) is 133 cm³/mol. The smallest absolute Gasteiger partial charge is 0.255 e. The van der Waals surface area contributed by atoms with Gasteiger partial charge in [0, 0.05) is 42.6 Å². The van der Waals surface area contributed by atoms with Crippen molar-refractivity contribution in [1.29, 1.82) is 0 Å². The van der Waals surface area contributed by atoms with Crippen LogP contribution in [-0.4, -0.2) is 34.0 Å². The molecule has 35 heavy (non-hydrogen) atoms. The monoisotopic (exact) mass is 497 g/mol. The maximum Gasteiger partial charge on any atom is 0.255 e. The van der Waals surface area contributed by atoms with Crippen LogP contribution < -0.4 is 14.9 Å². The standard InChI is InChI=1S/C26H25F2N3O3S/c27-24-11-10-23(16-25(24)28)31-14-12-20(18-31)17-29-26(32)21-6-8-22(9-7-21)30-35(33,34)15-13-19-4-2-1-3-5-19/h1-11,13,15-16,20,30H,12,14,17-18H2,(H,29,32)/b15-13+. The number of sulfonamides is 1. The molecule has 1 unspecified atom stereocenters. The summed E-state index contributed by atoms with van der Waals surface area (Å²) in [6.07, 6.45) is 2.32. The largest absolute Gasteiger partial charge is 0.371 e. The Hall–Kier alpha value is -3.72. The minimum absolute atomic E-state index is 0.176. The van der Waals surface area contributed by atoms with Gasteiger partial charge in [-0.15, -0.1) is 0 Å². The number of carbonyl (C=O) groups is 1. The van der Waals surface area contributed by atoms with Gasteiger partial charge in [0.05, 0.1) is 5.41 Å². The van der Waals surface area contributed by atoms with Crippen LogP contribution in [0.25, 0.3) is 6.08 Å². The van der Waals surface area contributed by atoms with Gasteiger partial charge in [-0.05, 0) is 60.4 Å². The zero-order valence-corrected chi connectivity index (χ0v) is 19.6. The van der Waals surface area contributed by atoms with E-state index in [2.05, 4.69) is 10.0 Å². The van der Waals surface area contributed by atoms with Crippen LogP contribution in [0, 0.1) is 17.6 Å². The molecule has 1 fully saturated rings. The van der Waals surface area contributed by atoms with Gasteiger partial charge < -0.3 is 10.2 Å². The molecule has 1 heterocycles. The first-order valence-electron chi connectivity index (χ1n) is 11.1. The zero-order chi connectivity index (χ0) is 24.8. The van der Waals surface area contributed by atoms with Gasteiger partial charge in [-0.1, -0.05) is 30.3 Å². The molecule has 1 aliphatic heterocycles. The van der Waals surface area contributed by atoms with Crippen LogP contribution in [0.4, 0.5) is 20.2 Å². The highest BCUT2D eigenvalue weighted by molar-refractivity contribution is 7.95. The Morgan fingerprint density at radius 2 is 1.74 bits per heavy atom. The second-order valence-electron chi connectivity index (χ2n) is 8.35. The third-order valence-corrected chi connectivity index (χ3v) is 6.77. The molecule has 6 nitrogen and oxygen atoms in total. The summed E-state index contributed by atoms with van der Waals surface area (Å²) in [4.78, 5) is 14.5. The Bertz CT molecular complexity index is 1310. The average Bonchev–Trinajstić information content (AvgIpc) is 3.33. The van der Waals surface area contributed by atoms with Gasteiger partial charge in [-0.25, -0.2) is 17.2 Å². The molecule has 1 aliphatic rings. The molecule has 2 N–H and O–H groups in total. The van der Waals surface area contributed by atoms with Gasteiger partial charge in [0.2, 0.25) is 0 Å². The summed E-state index contributed by atoms with van der Waals surface area (Å²) >= 11 is 0. The van der Waals surface area contributed by atoms with Crippen LogP contribution in [0.2, 0.25) is 0 Å². The normalized spacial score (nSPS) is 15.9. The molecule has 0 saturated carbocycles. The molecule has 0 radical (unpaired) electrons. The fourth-order valence-electron chi connectivity index (χ4n) is 3.87. The first-order chi connectivity index (χ1) is 16.8. The van der Waals surface area contributed by atoms with Gasteiger partial charge in [-0.3, -0.25) is 9.52 Å². The van der Waals surface area contributed by atoms with E-state index >= 15 is 0 Å². The topological polar surface area (TPSA) is 78.5 Å². The number of amides is 1. The Balaban J connectivity index is 1.27. The van der Waals surface area contributed by atoms with E-state index in [1.807, 2.05) is 23.1 Å². The molecule has 3 aromatic carbocycles. The minimum Gasteiger partial charge on any atom is -0.371 e. The zero-order valence-electron chi connectivity index (χ0n) is 18.8. The van der Waals surface area contributed by atoms with Crippen molar-refractivity contribution < 1.29 is 22.0 Å². The van der Waals surface area contributed by atoms with E-state index < -0.39 is 21.7 Å². The Morgan fingerprint density at radius 1 is 1.00 bits per heavy atom. The first-order valence-corrected chi connectivity index (χ1v) is 12.7. The molecular weight excluding hydrogens is 472 g/mol. The molecule has 1 amide bonds. The maximum atomic E-state index is 13.5. The summed E-state index contributed by atoms with van der Waals surface area (Å²) < 4.78 is 53.7. The van der Waals surface area contributed by atoms with Crippen LogP contribution in [0.5, 0.6) is 0 Å². The first kappa shape index (κ1) is 24.4. The van der Waals surface area contributed by atoms with Gasteiger partial charge in [-0.2, -0.15) is 0 Å². The lowest BCUT2D eigenvalue weighted by Gasteiger charge is -2.19. The molecule has 0 bridgehead atoms. The van der Waals surface area contributed by atoms with E-state index in [0.29, 0.717) is 36.6 Å². The summed E-state index contributed by atoms with van der Waals surface area (Å²) in [5.41, 5.74) is 2.13. The van der Waals surface area contributed by atoms with Crippen molar-refractivity contribution in [3.05, 3.63) is 101 Å².